The Morgan fingerprint density at radius 2 is 1.00 bits per heavy atom. The second kappa shape index (κ2) is 8.62. The molecule has 0 saturated carbocycles. The largest absolute Gasteiger partial charge is 0.311 e. The predicted octanol–water partition coefficient (Wildman–Crippen LogP) is 7.78. The Morgan fingerprint density at radius 3 is 1.45 bits per heavy atom. The number of nitrogens with zero attached hydrogens (tertiary/aromatic N) is 1. The second-order valence-corrected chi connectivity index (χ2v) is 7.33. The molecule has 0 aliphatic carbocycles. The molecule has 0 N–H and O–H groups in total. The average Bonchev–Trinajstić information content (AvgIpc) is 2.77. The lowest BCUT2D eigenvalue weighted by Gasteiger charge is -2.25. The van der Waals surface area contributed by atoms with E-state index >= 15 is 0 Å². The van der Waals surface area contributed by atoms with Gasteiger partial charge in [-0.1, -0.05) is 84.9 Å². The standard InChI is InChI=1S/C28H25N/c1-22(2)25-17-13-23(14-18-25)21-24-15-19-28(20-16-24)29(26-9-5-3-6-10-26)27-11-7-4-8-12-27/h3-20H,1,21H2,2H3. The molecule has 1 heteroatoms. The van der Waals surface area contributed by atoms with E-state index in [9.17, 15) is 0 Å². The average molecular weight is 376 g/mol. The molecule has 0 aromatic heterocycles. The summed E-state index contributed by atoms with van der Waals surface area (Å²) in [5.74, 6) is 0. The molecular formula is C28H25N. The fourth-order valence-electron chi connectivity index (χ4n) is 3.51. The maximum absolute atomic E-state index is 4.01. The lowest BCUT2D eigenvalue weighted by Crippen LogP contribution is -2.09. The molecule has 4 rings (SSSR count). The summed E-state index contributed by atoms with van der Waals surface area (Å²) >= 11 is 0. The SMILES string of the molecule is C=C(C)c1ccc(Cc2ccc(N(c3ccccc3)c3ccccc3)cc2)cc1. The van der Waals surface area contributed by atoms with Crippen LogP contribution in [0.25, 0.3) is 5.57 Å². The third-order valence-corrected chi connectivity index (χ3v) is 5.08. The van der Waals surface area contributed by atoms with E-state index < -0.39 is 0 Å². The van der Waals surface area contributed by atoms with E-state index in [0.29, 0.717) is 0 Å². The van der Waals surface area contributed by atoms with Crippen molar-refractivity contribution < 1.29 is 0 Å². The van der Waals surface area contributed by atoms with Gasteiger partial charge >= 0.3 is 0 Å². The highest BCUT2D eigenvalue weighted by molar-refractivity contribution is 5.76. The fourth-order valence-corrected chi connectivity index (χ4v) is 3.51. The van der Waals surface area contributed by atoms with Crippen LogP contribution in [0.2, 0.25) is 0 Å². The molecule has 0 fully saturated rings. The molecule has 0 radical (unpaired) electrons. The zero-order chi connectivity index (χ0) is 20.1. The highest BCUT2D eigenvalue weighted by atomic mass is 15.1. The van der Waals surface area contributed by atoms with E-state index in [-0.39, 0.29) is 0 Å². The highest BCUT2D eigenvalue weighted by Crippen LogP contribution is 2.34. The maximum atomic E-state index is 4.01. The molecule has 0 bridgehead atoms. The summed E-state index contributed by atoms with van der Waals surface area (Å²) in [5.41, 5.74) is 8.38. The van der Waals surface area contributed by atoms with Crippen LogP contribution in [0.15, 0.2) is 116 Å². The molecule has 4 aromatic carbocycles. The lowest BCUT2D eigenvalue weighted by atomic mass is 10.0. The van der Waals surface area contributed by atoms with Crippen LogP contribution in [0.3, 0.4) is 0 Å². The first-order valence-electron chi connectivity index (χ1n) is 9.95. The van der Waals surface area contributed by atoms with Crippen molar-refractivity contribution in [3.63, 3.8) is 0 Å². The van der Waals surface area contributed by atoms with Gasteiger partial charge < -0.3 is 4.90 Å². The van der Waals surface area contributed by atoms with Crippen molar-refractivity contribution in [1.29, 1.82) is 0 Å². The molecule has 0 amide bonds. The van der Waals surface area contributed by atoms with Crippen molar-refractivity contribution in [3.05, 3.63) is 132 Å². The summed E-state index contributed by atoms with van der Waals surface area (Å²) in [7, 11) is 0. The van der Waals surface area contributed by atoms with Gasteiger partial charge in [0.05, 0.1) is 0 Å². The Kier molecular flexibility index (Phi) is 5.58. The van der Waals surface area contributed by atoms with Crippen LogP contribution < -0.4 is 4.90 Å². The quantitative estimate of drug-likeness (QED) is 0.332. The second-order valence-electron chi connectivity index (χ2n) is 7.33. The number of hydrogen-bond acceptors (Lipinski definition) is 1. The van der Waals surface area contributed by atoms with Crippen LogP contribution in [0.4, 0.5) is 17.1 Å². The van der Waals surface area contributed by atoms with E-state index in [0.717, 1.165) is 29.1 Å². The molecule has 1 nitrogen and oxygen atoms in total. The molecule has 142 valence electrons. The first-order chi connectivity index (χ1) is 14.2. The number of para-hydroxylation sites is 2. The Balaban J connectivity index is 1.60. The Hall–Kier alpha value is -3.58. The van der Waals surface area contributed by atoms with E-state index in [1.54, 1.807) is 0 Å². The highest BCUT2D eigenvalue weighted by Gasteiger charge is 2.11. The van der Waals surface area contributed by atoms with Gasteiger partial charge in [0.15, 0.2) is 0 Å². The normalized spacial score (nSPS) is 10.5. The van der Waals surface area contributed by atoms with Gasteiger partial charge in [-0.05, 0) is 66.4 Å². The van der Waals surface area contributed by atoms with E-state index in [1.807, 2.05) is 6.92 Å². The molecule has 4 aromatic rings. The summed E-state index contributed by atoms with van der Waals surface area (Å²) in [4.78, 5) is 2.28. The number of rotatable bonds is 6. The molecular weight excluding hydrogens is 350 g/mol. The minimum atomic E-state index is 0.924. The number of benzene rings is 4. The van der Waals surface area contributed by atoms with Crippen molar-refractivity contribution in [2.24, 2.45) is 0 Å². The number of hydrogen-bond donors (Lipinski definition) is 0. The van der Waals surface area contributed by atoms with Gasteiger partial charge in [-0.25, -0.2) is 0 Å². The van der Waals surface area contributed by atoms with Crippen LogP contribution in [0.5, 0.6) is 0 Å². The van der Waals surface area contributed by atoms with Gasteiger partial charge in [0.1, 0.15) is 0 Å². The Bertz CT molecular complexity index is 1020. The smallest absolute Gasteiger partial charge is 0.0461 e. The summed E-state index contributed by atoms with van der Waals surface area (Å²) in [6.45, 7) is 6.05. The van der Waals surface area contributed by atoms with Gasteiger partial charge in [0.25, 0.3) is 0 Å². The molecule has 0 heterocycles. The monoisotopic (exact) mass is 375 g/mol. The maximum Gasteiger partial charge on any atom is 0.0461 e. The van der Waals surface area contributed by atoms with E-state index in [2.05, 4.69) is 121 Å². The first-order valence-corrected chi connectivity index (χ1v) is 9.95. The summed E-state index contributed by atoms with van der Waals surface area (Å²) in [6, 6.07) is 38.5. The summed E-state index contributed by atoms with van der Waals surface area (Å²) in [6.07, 6.45) is 0.924. The van der Waals surface area contributed by atoms with Gasteiger partial charge in [-0.15, -0.1) is 0 Å². The van der Waals surface area contributed by atoms with Crippen LogP contribution in [0.1, 0.15) is 23.6 Å². The van der Waals surface area contributed by atoms with E-state index in [4.69, 9.17) is 0 Å². The molecule has 0 saturated heterocycles. The molecule has 0 aliphatic heterocycles. The summed E-state index contributed by atoms with van der Waals surface area (Å²) < 4.78 is 0. The Morgan fingerprint density at radius 1 is 0.586 bits per heavy atom. The van der Waals surface area contributed by atoms with Crippen molar-refractivity contribution in [3.8, 4) is 0 Å². The molecule has 29 heavy (non-hydrogen) atoms. The lowest BCUT2D eigenvalue weighted by molar-refractivity contribution is 1.18. The zero-order valence-electron chi connectivity index (χ0n) is 16.8. The zero-order valence-corrected chi connectivity index (χ0v) is 16.8. The van der Waals surface area contributed by atoms with Gasteiger partial charge in [-0.2, -0.15) is 0 Å². The fraction of sp³-hybridized carbons (Fsp3) is 0.0714. The van der Waals surface area contributed by atoms with Crippen LogP contribution in [-0.2, 0) is 6.42 Å². The number of allylic oxidation sites excluding steroid dienone is 1. The topological polar surface area (TPSA) is 3.24 Å². The van der Waals surface area contributed by atoms with Gasteiger partial charge in [0, 0.05) is 17.1 Å². The predicted molar refractivity (Wildman–Crippen MR) is 125 cm³/mol. The van der Waals surface area contributed by atoms with Crippen molar-refractivity contribution in [2.75, 3.05) is 4.90 Å². The Labute approximate surface area is 173 Å². The third-order valence-electron chi connectivity index (χ3n) is 5.08. The molecule has 0 spiro atoms. The third kappa shape index (κ3) is 4.47. The van der Waals surface area contributed by atoms with Crippen LogP contribution in [-0.4, -0.2) is 0 Å². The van der Waals surface area contributed by atoms with Crippen molar-refractivity contribution >= 4 is 22.6 Å². The minimum Gasteiger partial charge on any atom is -0.311 e. The summed E-state index contributed by atoms with van der Waals surface area (Å²) in [5, 5.41) is 0. The van der Waals surface area contributed by atoms with Crippen molar-refractivity contribution in [1.82, 2.24) is 0 Å². The van der Waals surface area contributed by atoms with Crippen LogP contribution >= 0.6 is 0 Å². The molecule has 0 unspecified atom stereocenters. The molecule has 0 aliphatic rings. The molecule has 0 atom stereocenters. The van der Waals surface area contributed by atoms with Crippen LogP contribution in [0, 0.1) is 0 Å². The minimum absolute atomic E-state index is 0.924. The number of anilines is 3. The van der Waals surface area contributed by atoms with E-state index in [1.165, 1.54) is 16.7 Å². The van der Waals surface area contributed by atoms with Gasteiger partial charge in [0.2, 0.25) is 0 Å². The van der Waals surface area contributed by atoms with Gasteiger partial charge in [-0.3, -0.25) is 0 Å². The first kappa shape index (κ1) is 18.8. The van der Waals surface area contributed by atoms with Crippen molar-refractivity contribution in [2.45, 2.75) is 13.3 Å².